The van der Waals surface area contributed by atoms with Crippen molar-refractivity contribution in [3.63, 3.8) is 0 Å². The highest BCUT2D eigenvalue weighted by Crippen LogP contribution is 2.37. The van der Waals surface area contributed by atoms with Gasteiger partial charge in [-0.2, -0.15) is 18.2 Å². The first-order chi connectivity index (χ1) is 18.9. The number of fused-ring (bicyclic) bond motifs is 1. The molecule has 210 valence electrons. The SMILES string of the molecule is CC[C@H](C)[C@H](N)C(=O)Nc1ccc2c(ccn2-c2ccc(NC(=O)N(O)c3ccc(Cl)c(C(F)(F)F)c3)cc2)c1. The van der Waals surface area contributed by atoms with Gasteiger partial charge in [0, 0.05) is 28.6 Å². The number of hydrogen-bond acceptors (Lipinski definition) is 4. The number of carbonyl (C=O) groups is 2. The fraction of sp³-hybridized carbons (Fsp3) is 0.214. The number of anilines is 3. The number of carbonyl (C=O) groups excluding carboxylic acids is 2. The van der Waals surface area contributed by atoms with Crippen LogP contribution < -0.4 is 21.4 Å². The third-order valence-electron chi connectivity index (χ3n) is 6.61. The molecule has 0 radical (unpaired) electrons. The first-order valence-corrected chi connectivity index (χ1v) is 12.7. The largest absolute Gasteiger partial charge is 0.417 e. The van der Waals surface area contributed by atoms with Crippen molar-refractivity contribution in [2.75, 3.05) is 15.7 Å². The van der Waals surface area contributed by atoms with Crippen LogP contribution in [0.2, 0.25) is 5.02 Å². The summed E-state index contributed by atoms with van der Waals surface area (Å²) in [5, 5.41) is 15.9. The smallest absolute Gasteiger partial charge is 0.325 e. The second kappa shape index (κ2) is 11.6. The van der Waals surface area contributed by atoms with Crippen LogP contribution in [0.1, 0.15) is 25.8 Å². The van der Waals surface area contributed by atoms with E-state index in [4.69, 9.17) is 17.3 Å². The molecule has 0 aliphatic heterocycles. The number of hydroxylamine groups is 1. The molecule has 3 amide bonds. The molecule has 0 saturated carbocycles. The topological polar surface area (TPSA) is 113 Å². The van der Waals surface area contributed by atoms with Crippen molar-refractivity contribution in [3.8, 4) is 5.69 Å². The van der Waals surface area contributed by atoms with E-state index in [1.807, 2.05) is 42.8 Å². The summed E-state index contributed by atoms with van der Waals surface area (Å²) in [6.07, 6.45) is -2.11. The Morgan fingerprint density at radius 3 is 2.35 bits per heavy atom. The minimum atomic E-state index is -4.75. The van der Waals surface area contributed by atoms with Gasteiger partial charge >= 0.3 is 12.2 Å². The number of rotatable bonds is 7. The van der Waals surface area contributed by atoms with Gasteiger partial charge in [0.15, 0.2) is 0 Å². The predicted molar refractivity (Wildman–Crippen MR) is 149 cm³/mol. The first-order valence-electron chi connectivity index (χ1n) is 12.3. The number of benzene rings is 3. The lowest BCUT2D eigenvalue weighted by atomic mass is 9.99. The summed E-state index contributed by atoms with van der Waals surface area (Å²) in [7, 11) is 0. The molecule has 1 heterocycles. The number of amides is 3. The van der Waals surface area contributed by atoms with E-state index < -0.39 is 34.5 Å². The van der Waals surface area contributed by atoms with Crippen LogP contribution >= 0.6 is 11.6 Å². The van der Waals surface area contributed by atoms with E-state index in [0.717, 1.165) is 35.1 Å². The molecule has 0 saturated heterocycles. The molecular formula is C28H27ClF3N5O3. The maximum absolute atomic E-state index is 13.1. The standard InChI is InChI=1S/C28H27ClF3N5O3/c1-3-16(2)25(33)26(38)34-19-6-11-24-17(14-19)12-13-36(24)20-7-4-18(5-8-20)35-27(39)37(40)21-9-10-23(29)22(15-21)28(30,31)32/h4-16,25,40H,3,33H2,1-2H3,(H,34,38)(H,35,39)/t16-,25-/m0/s1. The second-order valence-electron chi connectivity index (χ2n) is 9.31. The minimum absolute atomic E-state index is 0.0534. The number of halogens is 4. The molecule has 0 spiro atoms. The fourth-order valence-corrected chi connectivity index (χ4v) is 4.27. The Morgan fingerprint density at radius 1 is 1.02 bits per heavy atom. The predicted octanol–water partition coefficient (Wildman–Crippen LogP) is 7.04. The van der Waals surface area contributed by atoms with Crippen LogP contribution in [-0.4, -0.2) is 27.8 Å². The van der Waals surface area contributed by atoms with Gasteiger partial charge in [0.25, 0.3) is 0 Å². The molecule has 1 aromatic heterocycles. The molecule has 5 N–H and O–H groups in total. The van der Waals surface area contributed by atoms with E-state index in [1.54, 1.807) is 30.3 Å². The van der Waals surface area contributed by atoms with Crippen LogP contribution in [0.3, 0.4) is 0 Å². The lowest BCUT2D eigenvalue weighted by Crippen LogP contribution is -2.40. The van der Waals surface area contributed by atoms with Gasteiger partial charge in [-0.05, 0) is 72.6 Å². The van der Waals surface area contributed by atoms with Crippen molar-refractivity contribution >= 4 is 51.5 Å². The lowest BCUT2D eigenvalue weighted by molar-refractivity contribution is -0.137. The van der Waals surface area contributed by atoms with E-state index in [0.29, 0.717) is 17.4 Å². The van der Waals surface area contributed by atoms with E-state index in [-0.39, 0.29) is 16.9 Å². The Balaban J connectivity index is 1.46. The summed E-state index contributed by atoms with van der Waals surface area (Å²) in [4.78, 5) is 24.9. The van der Waals surface area contributed by atoms with E-state index in [1.165, 1.54) is 0 Å². The van der Waals surface area contributed by atoms with E-state index >= 15 is 0 Å². The van der Waals surface area contributed by atoms with Crippen molar-refractivity contribution in [1.82, 2.24) is 4.57 Å². The average molecular weight is 574 g/mol. The first kappa shape index (κ1) is 28.9. The van der Waals surface area contributed by atoms with Crippen LogP contribution in [0.5, 0.6) is 0 Å². The monoisotopic (exact) mass is 573 g/mol. The summed E-state index contributed by atoms with van der Waals surface area (Å²) in [5.74, 6) is -0.193. The molecule has 0 aliphatic rings. The van der Waals surface area contributed by atoms with Gasteiger partial charge in [0.2, 0.25) is 5.91 Å². The van der Waals surface area contributed by atoms with Crippen LogP contribution in [0, 0.1) is 5.92 Å². The average Bonchev–Trinajstić information content (AvgIpc) is 3.35. The van der Waals surface area contributed by atoms with Crippen molar-refractivity contribution in [2.24, 2.45) is 11.7 Å². The number of nitrogens with zero attached hydrogens (tertiary/aromatic N) is 2. The van der Waals surface area contributed by atoms with Crippen molar-refractivity contribution in [1.29, 1.82) is 0 Å². The number of aromatic nitrogens is 1. The highest BCUT2D eigenvalue weighted by Gasteiger charge is 2.34. The van der Waals surface area contributed by atoms with Gasteiger partial charge in [-0.25, -0.2) is 4.79 Å². The molecule has 4 rings (SSSR count). The number of nitrogens with two attached hydrogens (primary N) is 1. The van der Waals surface area contributed by atoms with Crippen LogP contribution in [0.25, 0.3) is 16.6 Å². The van der Waals surface area contributed by atoms with Crippen molar-refractivity contribution in [3.05, 3.63) is 83.5 Å². The van der Waals surface area contributed by atoms with Gasteiger partial charge in [0.1, 0.15) is 0 Å². The van der Waals surface area contributed by atoms with Gasteiger partial charge in [0.05, 0.1) is 27.8 Å². The van der Waals surface area contributed by atoms with Gasteiger partial charge in [-0.15, -0.1) is 0 Å². The Hall–Kier alpha value is -4.06. The molecule has 3 aromatic carbocycles. The summed E-state index contributed by atoms with van der Waals surface area (Å²) < 4.78 is 41.3. The highest BCUT2D eigenvalue weighted by molar-refractivity contribution is 6.31. The molecule has 2 atom stereocenters. The van der Waals surface area contributed by atoms with E-state index in [2.05, 4.69) is 10.6 Å². The number of nitrogens with one attached hydrogen (secondary N) is 2. The maximum Gasteiger partial charge on any atom is 0.417 e. The minimum Gasteiger partial charge on any atom is -0.325 e. The van der Waals surface area contributed by atoms with Gasteiger partial charge in [-0.3, -0.25) is 10.0 Å². The second-order valence-corrected chi connectivity index (χ2v) is 9.72. The van der Waals surface area contributed by atoms with E-state index in [9.17, 15) is 28.0 Å². The van der Waals surface area contributed by atoms with Crippen LogP contribution in [-0.2, 0) is 11.0 Å². The summed E-state index contributed by atoms with van der Waals surface area (Å²) in [5.41, 5.74) is 7.01. The Labute approximate surface area is 233 Å². The maximum atomic E-state index is 13.1. The summed E-state index contributed by atoms with van der Waals surface area (Å²) in [6, 6.07) is 15.0. The molecule has 0 bridgehead atoms. The summed E-state index contributed by atoms with van der Waals surface area (Å²) >= 11 is 5.60. The number of alkyl halides is 3. The Morgan fingerprint density at radius 2 is 1.70 bits per heavy atom. The van der Waals surface area contributed by atoms with Gasteiger partial charge in [-0.1, -0.05) is 31.9 Å². The van der Waals surface area contributed by atoms with Crippen LogP contribution in [0.4, 0.5) is 35.0 Å². The zero-order chi connectivity index (χ0) is 29.2. The number of urea groups is 1. The third kappa shape index (κ3) is 6.22. The molecule has 0 unspecified atom stereocenters. The normalized spacial score (nSPS) is 13.1. The molecular weight excluding hydrogens is 547 g/mol. The molecule has 12 heteroatoms. The zero-order valence-corrected chi connectivity index (χ0v) is 22.3. The molecule has 8 nitrogen and oxygen atoms in total. The van der Waals surface area contributed by atoms with Gasteiger partial charge < -0.3 is 20.9 Å². The molecule has 0 aliphatic carbocycles. The summed E-state index contributed by atoms with van der Waals surface area (Å²) in [6.45, 7) is 3.91. The molecule has 0 fully saturated rings. The Kier molecular flexibility index (Phi) is 8.38. The fourth-order valence-electron chi connectivity index (χ4n) is 4.04. The number of hydrogen-bond donors (Lipinski definition) is 4. The quantitative estimate of drug-likeness (QED) is 0.140. The Bertz CT molecular complexity index is 1540. The molecule has 4 aromatic rings. The van der Waals surface area contributed by atoms with Crippen LogP contribution in [0.15, 0.2) is 72.9 Å². The lowest BCUT2D eigenvalue weighted by Gasteiger charge is -2.18. The van der Waals surface area contributed by atoms with Crippen molar-refractivity contribution < 1.29 is 28.0 Å². The zero-order valence-electron chi connectivity index (χ0n) is 21.5. The highest BCUT2D eigenvalue weighted by atomic mass is 35.5. The molecule has 40 heavy (non-hydrogen) atoms. The third-order valence-corrected chi connectivity index (χ3v) is 6.94. The van der Waals surface area contributed by atoms with Crippen molar-refractivity contribution in [2.45, 2.75) is 32.5 Å².